The van der Waals surface area contributed by atoms with Crippen LogP contribution in [0.2, 0.25) is 0 Å². The third kappa shape index (κ3) is 7.14. The second kappa shape index (κ2) is 11.7. The van der Waals surface area contributed by atoms with Crippen LogP contribution in [0.15, 0.2) is 72.1 Å². The Balaban J connectivity index is 1.46. The Bertz CT molecular complexity index is 1390. The fourth-order valence-electron chi connectivity index (χ4n) is 3.31. The van der Waals surface area contributed by atoms with Gasteiger partial charge in [0.15, 0.2) is 11.6 Å². The molecule has 3 amide bonds. The molecule has 0 aliphatic heterocycles. The number of hydrogen-bond acceptors (Lipinski definition) is 4. The summed E-state index contributed by atoms with van der Waals surface area (Å²) in [6.45, 7) is 0.226. The fourth-order valence-corrected chi connectivity index (χ4v) is 4.10. The van der Waals surface area contributed by atoms with E-state index in [1.807, 2.05) is 0 Å². The molecule has 190 valence electrons. The molecule has 4 rings (SSSR count). The molecule has 0 aliphatic carbocycles. The number of nitrogens with one attached hydrogen (secondary N) is 2. The highest BCUT2D eigenvalue weighted by atomic mass is 32.1. The summed E-state index contributed by atoms with van der Waals surface area (Å²) < 4.78 is 53.2. The van der Waals surface area contributed by atoms with E-state index in [0.29, 0.717) is 16.1 Å². The minimum absolute atomic E-state index is 0.0111. The van der Waals surface area contributed by atoms with Gasteiger partial charge >= 0.3 is 6.03 Å². The molecule has 11 heteroatoms. The predicted octanol–water partition coefficient (Wildman–Crippen LogP) is 5.86. The van der Waals surface area contributed by atoms with E-state index in [9.17, 15) is 27.2 Å². The van der Waals surface area contributed by atoms with Crippen molar-refractivity contribution in [3.8, 4) is 0 Å². The fraction of sp³-hybridized carbons (Fsp3) is 0.115. The average molecular weight is 529 g/mol. The predicted molar refractivity (Wildman–Crippen MR) is 131 cm³/mol. The number of nitrogens with zero attached hydrogens (tertiary/aromatic N) is 2. The summed E-state index contributed by atoms with van der Waals surface area (Å²) >= 11 is 1.16. The van der Waals surface area contributed by atoms with Crippen molar-refractivity contribution < 1.29 is 27.2 Å². The maximum atomic E-state index is 13.6. The number of hydrogen-bond donors (Lipinski definition) is 2. The molecule has 1 heterocycles. The lowest BCUT2D eigenvalue weighted by Gasteiger charge is -2.22. The van der Waals surface area contributed by atoms with E-state index in [2.05, 4.69) is 15.6 Å². The highest BCUT2D eigenvalue weighted by Gasteiger charge is 2.19. The van der Waals surface area contributed by atoms with Gasteiger partial charge < -0.3 is 15.5 Å². The second-order valence-electron chi connectivity index (χ2n) is 7.98. The van der Waals surface area contributed by atoms with Gasteiger partial charge in [-0.2, -0.15) is 0 Å². The third-order valence-corrected chi connectivity index (χ3v) is 6.06. The molecular formula is C26H20F4N4O2S. The summed E-state index contributed by atoms with van der Waals surface area (Å²) in [6, 6.07) is 13.6. The van der Waals surface area contributed by atoms with Crippen molar-refractivity contribution in [1.29, 1.82) is 0 Å². The number of anilines is 1. The van der Waals surface area contributed by atoms with E-state index in [4.69, 9.17) is 0 Å². The molecule has 2 N–H and O–H groups in total. The summed E-state index contributed by atoms with van der Waals surface area (Å²) in [5, 5.41) is 7.19. The largest absolute Gasteiger partial charge is 0.347 e. The van der Waals surface area contributed by atoms with Crippen molar-refractivity contribution in [2.75, 3.05) is 5.32 Å². The highest BCUT2D eigenvalue weighted by Crippen LogP contribution is 2.18. The van der Waals surface area contributed by atoms with E-state index in [1.165, 1.54) is 47.4 Å². The third-order valence-electron chi connectivity index (χ3n) is 5.22. The molecule has 37 heavy (non-hydrogen) atoms. The summed E-state index contributed by atoms with van der Waals surface area (Å²) in [5.74, 6) is -3.41. The molecule has 0 radical (unpaired) electrons. The number of amides is 3. The van der Waals surface area contributed by atoms with Crippen molar-refractivity contribution in [1.82, 2.24) is 15.2 Å². The lowest BCUT2D eigenvalue weighted by molar-refractivity contribution is 0.0946. The van der Waals surface area contributed by atoms with Crippen molar-refractivity contribution in [2.24, 2.45) is 0 Å². The molecule has 0 atom stereocenters. The van der Waals surface area contributed by atoms with Crippen LogP contribution in [-0.4, -0.2) is 21.8 Å². The van der Waals surface area contributed by atoms with Gasteiger partial charge in [0, 0.05) is 30.2 Å². The molecule has 0 spiro atoms. The van der Waals surface area contributed by atoms with Gasteiger partial charge in [0.1, 0.15) is 22.3 Å². The molecule has 0 aliphatic rings. The standard InChI is InChI=1S/C26H20F4N4O2S/c27-18-5-1-16(2-6-18)12-31-25(35)23-15-37-24(33-23)14-34(13-17-3-7-19(28)8-4-17)26(36)32-20-9-10-21(29)22(30)11-20/h1-11,15H,12-14H2,(H,31,35)(H,32,36). The minimum Gasteiger partial charge on any atom is -0.347 e. The van der Waals surface area contributed by atoms with Gasteiger partial charge in [-0.25, -0.2) is 27.3 Å². The minimum atomic E-state index is -1.11. The summed E-state index contributed by atoms with van der Waals surface area (Å²) in [5.41, 5.74) is 1.53. The zero-order chi connectivity index (χ0) is 26.4. The molecule has 0 fully saturated rings. The van der Waals surface area contributed by atoms with Crippen LogP contribution in [0.25, 0.3) is 0 Å². The van der Waals surface area contributed by atoms with Gasteiger partial charge in [0.2, 0.25) is 0 Å². The van der Waals surface area contributed by atoms with Crippen molar-refractivity contribution in [3.05, 3.63) is 117 Å². The van der Waals surface area contributed by atoms with E-state index in [1.54, 1.807) is 17.5 Å². The molecule has 0 bridgehead atoms. The van der Waals surface area contributed by atoms with Gasteiger partial charge in [-0.05, 0) is 47.5 Å². The number of halogens is 4. The first-order chi connectivity index (χ1) is 17.8. The normalized spacial score (nSPS) is 10.7. The van der Waals surface area contributed by atoms with Gasteiger partial charge in [0.25, 0.3) is 5.91 Å². The molecule has 1 aromatic heterocycles. The Morgan fingerprint density at radius 1 is 0.811 bits per heavy atom. The molecule has 4 aromatic rings. The van der Waals surface area contributed by atoms with E-state index in [-0.39, 0.29) is 36.8 Å². The van der Waals surface area contributed by atoms with E-state index in [0.717, 1.165) is 23.5 Å². The van der Waals surface area contributed by atoms with Crippen LogP contribution in [0.4, 0.5) is 28.0 Å². The quantitative estimate of drug-likeness (QED) is 0.281. The van der Waals surface area contributed by atoms with Gasteiger partial charge in [-0.3, -0.25) is 4.79 Å². The van der Waals surface area contributed by atoms with E-state index < -0.39 is 29.4 Å². The lowest BCUT2D eigenvalue weighted by Crippen LogP contribution is -2.34. The Kier molecular flexibility index (Phi) is 8.14. The first kappa shape index (κ1) is 25.8. The summed E-state index contributed by atoms with van der Waals surface area (Å²) in [4.78, 5) is 31.2. The van der Waals surface area contributed by atoms with Crippen LogP contribution in [-0.2, 0) is 19.6 Å². The van der Waals surface area contributed by atoms with Crippen molar-refractivity contribution in [3.63, 3.8) is 0 Å². The maximum absolute atomic E-state index is 13.6. The monoisotopic (exact) mass is 528 g/mol. The number of thiazole rings is 1. The maximum Gasteiger partial charge on any atom is 0.322 e. The number of benzene rings is 3. The Morgan fingerprint density at radius 3 is 2.11 bits per heavy atom. The molecule has 3 aromatic carbocycles. The SMILES string of the molecule is O=C(NCc1ccc(F)cc1)c1csc(CN(Cc2ccc(F)cc2)C(=O)Nc2ccc(F)c(F)c2)n1. The molecule has 0 unspecified atom stereocenters. The van der Waals surface area contributed by atoms with Crippen LogP contribution < -0.4 is 10.6 Å². The molecule has 6 nitrogen and oxygen atoms in total. The number of rotatable bonds is 8. The van der Waals surface area contributed by atoms with E-state index >= 15 is 0 Å². The number of urea groups is 1. The Hall–Kier alpha value is -4.25. The van der Waals surface area contributed by atoms with Crippen LogP contribution in [0, 0.1) is 23.3 Å². The second-order valence-corrected chi connectivity index (χ2v) is 8.92. The van der Waals surface area contributed by atoms with Gasteiger partial charge in [0.05, 0.1) is 6.54 Å². The number of carbonyl (C=O) groups excluding carboxylic acids is 2. The zero-order valence-electron chi connectivity index (χ0n) is 19.2. The summed E-state index contributed by atoms with van der Waals surface area (Å²) in [7, 11) is 0. The van der Waals surface area contributed by atoms with Crippen LogP contribution in [0.1, 0.15) is 26.6 Å². The Labute approximate surface area is 213 Å². The summed E-state index contributed by atoms with van der Waals surface area (Å²) in [6.07, 6.45) is 0. The molecule has 0 saturated heterocycles. The average Bonchev–Trinajstić information content (AvgIpc) is 3.35. The number of carbonyl (C=O) groups is 2. The highest BCUT2D eigenvalue weighted by molar-refractivity contribution is 7.09. The lowest BCUT2D eigenvalue weighted by atomic mass is 10.2. The number of aromatic nitrogens is 1. The van der Waals surface area contributed by atoms with Crippen LogP contribution >= 0.6 is 11.3 Å². The van der Waals surface area contributed by atoms with Crippen LogP contribution in [0.5, 0.6) is 0 Å². The zero-order valence-corrected chi connectivity index (χ0v) is 20.0. The molecule has 0 saturated carbocycles. The molecular weight excluding hydrogens is 508 g/mol. The smallest absolute Gasteiger partial charge is 0.322 e. The van der Waals surface area contributed by atoms with Crippen molar-refractivity contribution in [2.45, 2.75) is 19.6 Å². The topological polar surface area (TPSA) is 74.3 Å². The first-order valence-corrected chi connectivity index (χ1v) is 11.9. The Morgan fingerprint density at radius 2 is 1.46 bits per heavy atom. The van der Waals surface area contributed by atoms with Gasteiger partial charge in [-0.1, -0.05) is 24.3 Å². The first-order valence-electron chi connectivity index (χ1n) is 11.0. The van der Waals surface area contributed by atoms with Gasteiger partial charge in [-0.15, -0.1) is 11.3 Å². The van der Waals surface area contributed by atoms with Crippen LogP contribution in [0.3, 0.4) is 0 Å². The van der Waals surface area contributed by atoms with Crippen molar-refractivity contribution >= 4 is 29.0 Å².